The maximum Gasteiger partial charge on any atom is 0.239 e. The molecule has 3 nitrogen and oxygen atoms in total. The van der Waals surface area contributed by atoms with Crippen LogP contribution < -0.4 is 5.32 Å². The Hall–Kier alpha value is -0.570. The van der Waals surface area contributed by atoms with E-state index in [4.69, 9.17) is 0 Å². The molecule has 1 saturated carbocycles. The lowest BCUT2D eigenvalue weighted by Crippen LogP contribution is -2.51. The van der Waals surface area contributed by atoms with E-state index in [0.29, 0.717) is 5.91 Å². The second-order valence-electron chi connectivity index (χ2n) is 7.33. The molecule has 5 unspecified atom stereocenters. The van der Waals surface area contributed by atoms with Gasteiger partial charge in [0.2, 0.25) is 5.91 Å². The minimum atomic E-state index is 0.0679. The van der Waals surface area contributed by atoms with Gasteiger partial charge in [0.15, 0.2) is 0 Å². The van der Waals surface area contributed by atoms with Crippen LogP contribution in [0.15, 0.2) is 0 Å². The number of hydrogen-bond donors (Lipinski definition) is 1. The Morgan fingerprint density at radius 2 is 1.67 bits per heavy atom. The molecule has 3 heteroatoms. The molecule has 1 aliphatic carbocycles. The average Bonchev–Trinajstić information content (AvgIpc) is 2.51. The normalized spacial score (nSPS) is 37.2. The molecular weight excluding hydrogens is 260 g/mol. The molecule has 0 spiro atoms. The van der Waals surface area contributed by atoms with E-state index >= 15 is 0 Å². The first-order chi connectivity index (χ1) is 10.1. The van der Waals surface area contributed by atoms with E-state index in [1.165, 1.54) is 25.7 Å². The van der Waals surface area contributed by atoms with Crippen molar-refractivity contribution in [2.24, 2.45) is 23.7 Å². The Balaban J connectivity index is 1.93. The van der Waals surface area contributed by atoms with Crippen molar-refractivity contribution < 1.29 is 4.79 Å². The van der Waals surface area contributed by atoms with E-state index in [1.54, 1.807) is 0 Å². The Bertz CT molecular complexity index is 340. The minimum Gasteiger partial charge on any atom is -0.342 e. The molecule has 1 aliphatic heterocycles. The van der Waals surface area contributed by atoms with Crippen molar-refractivity contribution in [1.29, 1.82) is 0 Å². The Morgan fingerprint density at radius 3 is 2.29 bits per heavy atom. The highest BCUT2D eigenvalue weighted by molar-refractivity contribution is 5.82. The van der Waals surface area contributed by atoms with Crippen molar-refractivity contribution >= 4 is 5.91 Å². The number of carbonyl (C=O) groups is 1. The van der Waals surface area contributed by atoms with Gasteiger partial charge in [-0.3, -0.25) is 4.79 Å². The molecule has 1 heterocycles. The molecule has 1 saturated heterocycles. The van der Waals surface area contributed by atoms with Crippen molar-refractivity contribution in [2.45, 2.75) is 65.8 Å². The standard InChI is InChI=1S/C18H34N2O/c1-5-20(6-2)18(21)17-12-16(9-10-19-17)15-8-7-13(3)14(4)11-15/h13-17,19H,5-12H2,1-4H3. The van der Waals surface area contributed by atoms with Crippen LogP contribution in [0, 0.1) is 23.7 Å². The van der Waals surface area contributed by atoms with Gasteiger partial charge < -0.3 is 10.2 Å². The topological polar surface area (TPSA) is 32.3 Å². The SMILES string of the molecule is CCN(CC)C(=O)C1CC(C2CCC(C)C(C)C2)CCN1. The summed E-state index contributed by atoms with van der Waals surface area (Å²) < 4.78 is 0. The fourth-order valence-corrected chi connectivity index (χ4v) is 4.34. The van der Waals surface area contributed by atoms with Crippen molar-refractivity contribution in [3.8, 4) is 0 Å². The third-order valence-electron chi connectivity index (χ3n) is 6.12. The van der Waals surface area contributed by atoms with Gasteiger partial charge in [0.1, 0.15) is 0 Å². The highest BCUT2D eigenvalue weighted by Gasteiger charge is 2.35. The molecule has 1 amide bonds. The fraction of sp³-hybridized carbons (Fsp3) is 0.944. The zero-order valence-corrected chi connectivity index (χ0v) is 14.4. The molecule has 0 aromatic rings. The summed E-state index contributed by atoms with van der Waals surface area (Å²) in [5, 5.41) is 3.47. The number of carbonyl (C=O) groups excluding carboxylic acids is 1. The quantitative estimate of drug-likeness (QED) is 0.863. The second kappa shape index (κ2) is 7.62. The lowest BCUT2D eigenvalue weighted by molar-refractivity contribution is -0.134. The summed E-state index contributed by atoms with van der Waals surface area (Å²) in [5.41, 5.74) is 0. The van der Waals surface area contributed by atoms with E-state index in [9.17, 15) is 4.79 Å². The van der Waals surface area contributed by atoms with Gasteiger partial charge in [-0.25, -0.2) is 0 Å². The smallest absolute Gasteiger partial charge is 0.239 e. The molecule has 122 valence electrons. The molecule has 5 atom stereocenters. The number of amides is 1. The van der Waals surface area contributed by atoms with E-state index in [1.807, 2.05) is 4.90 Å². The zero-order chi connectivity index (χ0) is 15.4. The summed E-state index contributed by atoms with van der Waals surface area (Å²) in [7, 11) is 0. The number of likely N-dealkylation sites (N-methyl/N-ethyl adjacent to an activating group) is 1. The lowest BCUT2D eigenvalue weighted by atomic mass is 9.68. The molecule has 2 aliphatic rings. The highest BCUT2D eigenvalue weighted by atomic mass is 16.2. The number of rotatable bonds is 4. The van der Waals surface area contributed by atoms with Crippen LogP contribution in [0.25, 0.3) is 0 Å². The van der Waals surface area contributed by atoms with Gasteiger partial charge >= 0.3 is 0 Å². The van der Waals surface area contributed by atoms with Gasteiger partial charge in [-0.2, -0.15) is 0 Å². The monoisotopic (exact) mass is 294 g/mol. The van der Waals surface area contributed by atoms with E-state index in [0.717, 1.165) is 49.7 Å². The molecule has 0 aromatic carbocycles. The number of nitrogens with one attached hydrogen (secondary N) is 1. The Morgan fingerprint density at radius 1 is 1.00 bits per heavy atom. The maximum absolute atomic E-state index is 12.6. The second-order valence-corrected chi connectivity index (χ2v) is 7.33. The van der Waals surface area contributed by atoms with Crippen LogP contribution in [-0.2, 0) is 4.79 Å². The zero-order valence-electron chi connectivity index (χ0n) is 14.4. The minimum absolute atomic E-state index is 0.0679. The Labute approximate surface area is 130 Å². The fourth-order valence-electron chi connectivity index (χ4n) is 4.34. The predicted octanol–water partition coefficient (Wildman–Crippen LogP) is 3.30. The first-order valence-corrected chi connectivity index (χ1v) is 9.08. The summed E-state index contributed by atoms with van der Waals surface area (Å²) in [5.74, 6) is 3.67. The van der Waals surface area contributed by atoms with Crippen molar-refractivity contribution in [1.82, 2.24) is 10.2 Å². The van der Waals surface area contributed by atoms with Gasteiger partial charge in [-0.05, 0) is 69.7 Å². The molecule has 2 rings (SSSR count). The van der Waals surface area contributed by atoms with E-state index in [-0.39, 0.29) is 6.04 Å². The van der Waals surface area contributed by atoms with Gasteiger partial charge in [-0.1, -0.05) is 20.3 Å². The summed E-state index contributed by atoms with van der Waals surface area (Å²) in [6.45, 7) is 11.6. The highest BCUT2D eigenvalue weighted by Crippen LogP contribution is 2.40. The van der Waals surface area contributed by atoms with Crippen molar-refractivity contribution in [3.63, 3.8) is 0 Å². The van der Waals surface area contributed by atoms with Crippen molar-refractivity contribution in [3.05, 3.63) is 0 Å². The number of nitrogens with zero attached hydrogens (tertiary/aromatic N) is 1. The Kier molecular flexibility index (Phi) is 6.09. The molecule has 0 aromatic heterocycles. The van der Waals surface area contributed by atoms with Crippen LogP contribution in [0.3, 0.4) is 0 Å². The molecular formula is C18H34N2O. The van der Waals surface area contributed by atoms with E-state index < -0.39 is 0 Å². The maximum atomic E-state index is 12.6. The largest absolute Gasteiger partial charge is 0.342 e. The van der Waals surface area contributed by atoms with Crippen LogP contribution in [0.1, 0.15) is 59.8 Å². The van der Waals surface area contributed by atoms with Crippen LogP contribution in [0.5, 0.6) is 0 Å². The average molecular weight is 294 g/mol. The van der Waals surface area contributed by atoms with Crippen LogP contribution >= 0.6 is 0 Å². The van der Waals surface area contributed by atoms with Gasteiger partial charge in [0, 0.05) is 13.1 Å². The first-order valence-electron chi connectivity index (χ1n) is 9.08. The van der Waals surface area contributed by atoms with Crippen LogP contribution in [0.4, 0.5) is 0 Å². The van der Waals surface area contributed by atoms with Gasteiger partial charge in [0.25, 0.3) is 0 Å². The number of hydrogen-bond acceptors (Lipinski definition) is 2. The number of piperidine rings is 1. The van der Waals surface area contributed by atoms with Crippen molar-refractivity contribution in [2.75, 3.05) is 19.6 Å². The summed E-state index contributed by atoms with van der Waals surface area (Å²) in [6.07, 6.45) is 6.44. The van der Waals surface area contributed by atoms with Crippen LogP contribution in [0.2, 0.25) is 0 Å². The summed E-state index contributed by atoms with van der Waals surface area (Å²) >= 11 is 0. The van der Waals surface area contributed by atoms with Gasteiger partial charge in [0.05, 0.1) is 6.04 Å². The summed E-state index contributed by atoms with van der Waals surface area (Å²) in [6, 6.07) is 0.0679. The third kappa shape index (κ3) is 4.00. The van der Waals surface area contributed by atoms with Crippen LogP contribution in [-0.4, -0.2) is 36.5 Å². The molecule has 2 fully saturated rings. The van der Waals surface area contributed by atoms with E-state index in [2.05, 4.69) is 33.0 Å². The molecule has 0 radical (unpaired) electrons. The lowest BCUT2D eigenvalue weighted by Gasteiger charge is -2.41. The van der Waals surface area contributed by atoms with Gasteiger partial charge in [-0.15, -0.1) is 0 Å². The molecule has 1 N–H and O–H groups in total. The first kappa shape index (κ1) is 16.8. The third-order valence-corrected chi connectivity index (χ3v) is 6.12. The molecule has 0 bridgehead atoms. The summed E-state index contributed by atoms with van der Waals surface area (Å²) in [4.78, 5) is 14.5. The molecule has 21 heavy (non-hydrogen) atoms. The predicted molar refractivity (Wildman–Crippen MR) is 88.1 cm³/mol.